The van der Waals surface area contributed by atoms with E-state index in [0.717, 1.165) is 21.1 Å². The molecule has 3 aromatic rings. The van der Waals surface area contributed by atoms with E-state index in [9.17, 15) is 4.79 Å². The fourth-order valence-electron chi connectivity index (χ4n) is 2.21. The highest BCUT2D eigenvalue weighted by atomic mass is 32.1. The number of aromatic nitrogens is 2. The van der Waals surface area contributed by atoms with Crippen LogP contribution in [0, 0.1) is 0 Å². The van der Waals surface area contributed by atoms with E-state index in [4.69, 9.17) is 14.6 Å². The highest BCUT2D eigenvalue weighted by Gasteiger charge is 2.14. The highest BCUT2D eigenvalue weighted by molar-refractivity contribution is 7.17. The van der Waals surface area contributed by atoms with E-state index in [2.05, 4.69) is 4.98 Å². The van der Waals surface area contributed by atoms with Crippen molar-refractivity contribution < 1.29 is 19.4 Å². The molecular formula is C15H14N2O4S. The molecule has 0 radical (unpaired) electrons. The summed E-state index contributed by atoms with van der Waals surface area (Å²) in [5.41, 5.74) is 1.63. The monoisotopic (exact) mass is 318 g/mol. The molecular weight excluding hydrogens is 304 g/mol. The van der Waals surface area contributed by atoms with Crippen molar-refractivity contribution >= 4 is 22.3 Å². The summed E-state index contributed by atoms with van der Waals surface area (Å²) in [5, 5.41) is 8.83. The van der Waals surface area contributed by atoms with E-state index >= 15 is 0 Å². The second-order valence-corrected chi connectivity index (χ2v) is 5.74. The number of thiazole rings is 1. The second kappa shape index (κ2) is 5.69. The first-order valence-electron chi connectivity index (χ1n) is 6.52. The minimum atomic E-state index is -0.846. The lowest BCUT2D eigenvalue weighted by atomic mass is 10.1. The van der Waals surface area contributed by atoms with E-state index < -0.39 is 5.97 Å². The first kappa shape index (κ1) is 14.4. The molecule has 0 aliphatic heterocycles. The van der Waals surface area contributed by atoms with Gasteiger partial charge in [0.25, 0.3) is 0 Å². The Bertz CT molecular complexity index is 806. The van der Waals surface area contributed by atoms with Crippen LogP contribution in [0.2, 0.25) is 0 Å². The van der Waals surface area contributed by atoms with Gasteiger partial charge in [-0.3, -0.25) is 9.20 Å². The van der Waals surface area contributed by atoms with Crippen LogP contribution in [0.5, 0.6) is 11.5 Å². The molecule has 1 aromatic carbocycles. The van der Waals surface area contributed by atoms with Gasteiger partial charge in [0.2, 0.25) is 0 Å². The fraction of sp³-hybridized carbons (Fsp3) is 0.200. The van der Waals surface area contributed by atoms with Crippen molar-refractivity contribution in [1.82, 2.24) is 9.38 Å². The molecule has 0 fully saturated rings. The van der Waals surface area contributed by atoms with Crippen molar-refractivity contribution in [1.29, 1.82) is 0 Å². The van der Waals surface area contributed by atoms with E-state index in [1.54, 1.807) is 26.5 Å². The number of imidazole rings is 1. The Balaban J connectivity index is 2.00. The van der Waals surface area contributed by atoms with Crippen LogP contribution < -0.4 is 9.47 Å². The Kier molecular flexibility index (Phi) is 3.72. The van der Waals surface area contributed by atoms with Crippen molar-refractivity contribution in [3.8, 4) is 22.8 Å². The summed E-state index contributed by atoms with van der Waals surface area (Å²) in [6, 6.07) is 5.54. The molecule has 0 spiro atoms. The van der Waals surface area contributed by atoms with E-state index in [0.29, 0.717) is 11.5 Å². The SMILES string of the molecule is COc1ccc(-c2cn3cc(CC(=O)O)sc3n2)c(OC)c1. The zero-order chi connectivity index (χ0) is 15.7. The molecule has 0 bridgehead atoms. The van der Waals surface area contributed by atoms with E-state index in [1.807, 2.05) is 22.7 Å². The van der Waals surface area contributed by atoms with Crippen LogP contribution in [-0.2, 0) is 11.2 Å². The molecule has 0 saturated heterocycles. The van der Waals surface area contributed by atoms with E-state index in [1.165, 1.54) is 11.3 Å². The van der Waals surface area contributed by atoms with Gasteiger partial charge in [0.05, 0.1) is 26.3 Å². The Morgan fingerprint density at radius 1 is 1.32 bits per heavy atom. The number of carbonyl (C=O) groups is 1. The number of nitrogens with zero attached hydrogens (tertiary/aromatic N) is 2. The summed E-state index contributed by atoms with van der Waals surface area (Å²) in [5.74, 6) is 0.544. The average Bonchev–Trinajstić information content (AvgIpc) is 3.03. The van der Waals surface area contributed by atoms with Gasteiger partial charge in [0.1, 0.15) is 11.5 Å². The third kappa shape index (κ3) is 2.62. The summed E-state index contributed by atoms with van der Waals surface area (Å²) >= 11 is 1.37. The van der Waals surface area contributed by atoms with Crippen molar-refractivity contribution in [2.24, 2.45) is 0 Å². The van der Waals surface area contributed by atoms with Gasteiger partial charge < -0.3 is 14.6 Å². The van der Waals surface area contributed by atoms with Gasteiger partial charge in [-0.1, -0.05) is 0 Å². The van der Waals surface area contributed by atoms with Crippen molar-refractivity contribution in [2.45, 2.75) is 6.42 Å². The maximum Gasteiger partial charge on any atom is 0.308 e. The number of hydrogen-bond acceptors (Lipinski definition) is 5. The predicted octanol–water partition coefficient (Wildman–Crippen LogP) is 2.71. The molecule has 0 amide bonds. The zero-order valence-corrected chi connectivity index (χ0v) is 12.9. The minimum Gasteiger partial charge on any atom is -0.497 e. The highest BCUT2D eigenvalue weighted by Crippen LogP contribution is 2.33. The van der Waals surface area contributed by atoms with Gasteiger partial charge in [-0.2, -0.15) is 0 Å². The number of carboxylic acids is 1. The van der Waals surface area contributed by atoms with Gasteiger partial charge in [0, 0.05) is 28.9 Å². The van der Waals surface area contributed by atoms with Crippen molar-refractivity contribution in [3.05, 3.63) is 35.5 Å². The Morgan fingerprint density at radius 2 is 2.14 bits per heavy atom. The lowest BCUT2D eigenvalue weighted by Gasteiger charge is -2.08. The summed E-state index contributed by atoms with van der Waals surface area (Å²) < 4.78 is 12.4. The largest absolute Gasteiger partial charge is 0.497 e. The minimum absolute atomic E-state index is 0.00914. The van der Waals surface area contributed by atoms with Crippen molar-refractivity contribution in [2.75, 3.05) is 14.2 Å². The zero-order valence-electron chi connectivity index (χ0n) is 12.1. The summed E-state index contributed by atoms with van der Waals surface area (Å²) in [7, 11) is 3.20. The maximum atomic E-state index is 10.7. The Labute approximate surface area is 130 Å². The fourth-order valence-corrected chi connectivity index (χ4v) is 3.17. The lowest BCUT2D eigenvalue weighted by Crippen LogP contribution is -1.97. The van der Waals surface area contributed by atoms with Gasteiger partial charge in [-0.05, 0) is 12.1 Å². The molecule has 114 valence electrons. The smallest absolute Gasteiger partial charge is 0.308 e. The number of benzene rings is 1. The first-order valence-corrected chi connectivity index (χ1v) is 7.34. The van der Waals surface area contributed by atoms with Crippen LogP contribution in [0.1, 0.15) is 4.88 Å². The van der Waals surface area contributed by atoms with Crippen LogP contribution in [0.25, 0.3) is 16.2 Å². The summed E-state index contributed by atoms with van der Waals surface area (Å²) in [6.45, 7) is 0. The number of rotatable bonds is 5. The summed E-state index contributed by atoms with van der Waals surface area (Å²) in [6.07, 6.45) is 3.66. The summed E-state index contributed by atoms with van der Waals surface area (Å²) in [4.78, 5) is 16.8. The number of hydrogen-bond donors (Lipinski definition) is 1. The quantitative estimate of drug-likeness (QED) is 0.783. The predicted molar refractivity (Wildman–Crippen MR) is 82.9 cm³/mol. The Morgan fingerprint density at radius 3 is 2.77 bits per heavy atom. The van der Waals surface area contributed by atoms with Crippen LogP contribution in [0.4, 0.5) is 0 Å². The third-order valence-electron chi connectivity index (χ3n) is 3.21. The lowest BCUT2D eigenvalue weighted by molar-refractivity contribution is -0.136. The first-order chi connectivity index (χ1) is 10.6. The number of fused-ring (bicyclic) bond motifs is 1. The maximum absolute atomic E-state index is 10.7. The van der Waals surface area contributed by atoms with Crippen LogP contribution >= 0.6 is 11.3 Å². The normalized spacial score (nSPS) is 10.8. The van der Waals surface area contributed by atoms with Gasteiger partial charge in [-0.15, -0.1) is 11.3 Å². The number of carboxylic acid groups (broad SMARTS) is 1. The van der Waals surface area contributed by atoms with Crippen LogP contribution in [0.3, 0.4) is 0 Å². The molecule has 0 aliphatic rings. The molecule has 0 saturated carbocycles. The molecule has 1 N–H and O–H groups in total. The number of aliphatic carboxylic acids is 1. The van der Waals surface area contributed by atoms with Gasteiger partial charge in [0.15, 0.2) is 4.96 Å². The molecule has 0 aliphatic carbocycles. The topological polar surface area (TPSA) is 73.1 Å². The van der Waals surface area contributed by atoms with Crippen LogP contribution in [-0.4, -0.2) is 34.7 Å². The standard InChI is InChI=1S/C15H14N2O4S/c1-20-9-3-4-11(13(5-9)21-2)12-8-17-7-10(6-14(18)19)22-15(17)16-12/h3-5,7-8H,6H2,1-2H3,(H,18,19). The molecule has 3 rings (SSSR count). The molecule has 7 heteroatoms. The molecule has 0 unspecified atom stereocenters. The number of ether oxygens (including phenoxy) is 2. The molecule has 6 nitrogen and oxygen atoms in total. The van der Waals surface area contributed by atoms with Crippen molar-refractivity contribution in [3.63, 3.8) is 0 Å². The second-order valence-electron chi connectivity index (χ2n) is 4.65. The average molecular weight is 318 g/mol. The molecule has 0 atom stereocenters. The van der Waals surface area contributed by atoms with Crippen LogP contribution in [0.15, 0.2) is 30.6 Å². The molecule has 2 heterocycles. The Hall–Kier alpha value is -2.54. The third-order valence-corrected chi connectivity index (χ3v) is 4.21. The molecule has 2 aromatic heterocycles. The molecule has 22 heavy (non-hydrogen) atoms. The van der Waals surface area contributed by atoms with Gasteiger partial charge >= 0.3 is 5.97 Å². The van der Waals surface area contributed by atoms with E-state index in [-0.39, 0.29) is 6.42 Å². The number of methoxy groups -OCH3 is 2. The van der Waals surface area contributed by atoms with Gasteiger partial charge in [-0.25, -0.2) is 4.98 Å².